The van der Waals surface area contributed by atoms with E-state index in [1.807, 2.05) is 13.8 Å². The number of rotatable bonds is 7. The van der Waals surface area contributed by atoms with Crippen LogP contribution in [0.15, 0.2) is 34.3 Å². The molecule has 3 N–H and O–H groups in total. The summed E-state index contributed by atoms with van der Waals surface area (Å²) in [5.74, 6) is 0.245. The second-order valence-electron chi connectivity index (χ2n) is 4.80. The zero-order valence-corrected chi connectivity index (χ0v) is 12.4. The molecule has 0 saturated heterocycles. The third-order valence-corrected chi connectivity index (χ3v) is 4.26. The first-order valence-corrected chi connectivity index (χ1v) is 7.90. The van der Waals surface area contributed by atoms with Gasteiger partial charge in [0.25, 0.3) is 0 Å². The molecule has 0 aliphatic heterocycles. The van der Waals surface area contributed by atoms with Gasteiger partial charge in [0.1, 0.15) is 0 Å². The van der Waals surface area contributed by atoms with Crippen LogP contribution < -0.4 is 5.73 Å². The van der Waals surface area contributed by atoms with E-state index >= 15 is 0 Å². The highest BCUT2D eigenvalue weighted by molar-refractivity contribution is 7.91. The van der Waals surface area contributed by atoms with Crippen molar-refractivity contribution in [2.75, 3.05) is 19.0 Å². The normalized spacial score (nSPS) is 12.8. The zero-order chi connectivity index (χ0) is 15.2. The molecule has 0 radical (unpaired) electrons. The first-order valence-electron chi connectivity index (χ1n) is 6.25. The third kappa shape index (κ3) is 4.82. The van der Waals surface area contributed by atoms with Gasteiger partial charge in [0.05, 0.1) is 17.3 Å². The van der Waals surface area contributed by atoms with Gasteiger partial charge in [-0.15, -0.1) is 0 Å². The molecular formula is C13H20N2O4S. The Hall–Kier alpha value is -1.60. The first-order chi connectivity index (χ1) is 9.36. The van der Waals surface area contributed by atoms with Crippen LogP contribution in [0, 0.1) is 5.92 Å². The van der Waals surface area contributed by atoms with Gasteiger partial charge in [-0.2, -0.15) is 0 Å². The molecule has 1 rings (SSSR count). The molecule has 1 aromatic rings. The number of sulfone groups is 1. The molecule has 0 fully saturated rings. The smallest absolute Gasteiger partial charge is 0.180 e. The maximum Gasteiger partial charge on any atom is 0.180 e. The van der Waals surface area contributed by atoms with E-state index in [9.17, 15) is 8.42 Å². The van der Waals surface area contributed by atoms with Gasteiger partial charge in [-0.1, -0.05) is 19.0 Å². The van der Waals surface area contributed by atoms with E-state index in [0.717, 1.165) is 0 Å². The molecule has 0 heterocycles. The van der Waals surface area contributed by atoms with Crippen LogP contribution in [-0.2, 0) is 14.6 Å². The van der Waals surface area contributed by atoms with Crippen LogP contribution in [0.1, 0.15) is 19.4 Å². The number of hydrogen-bond donors (Lipinski definition) is 2. The number of amidine groups is 1. The second-order valence-corrected chi connectivity index (χ2v) is 6.91. The van der Waals surface area contributed by atoms with Crippen molar-refractivity contribution in [1.29, 1.82) is 0 Å². The molecule has 0 aliphatic carbocycles. The van der Waals surface area contributed by atoms with E-state index in [-0.39, 0.29) is 23.1 Å². The van der Waals surface area contributed by atoms with Gasteiger partial charge in [-0.25, -0.2) is 8.42 Å². The standard InChI is InChI=1S/C13H20N2O4S/c1-10(2)9-19-7-8-20(17,18)12-5-3-11(4-6-12)13(14)15-16/h3-6,10,16H,7-9H2,1-2H3,(H2,14,15). The molecule has 0 spiro atoms. The fourth-order valence-electron chi connectivity index (χ4n) is 1.50. The van der Waals surface area contributed by atoms with Gasteiger partial charge in [0.15, 0.2) is 15.7 Å². The summed E-state index contributed by atoms with van der Waals surface area (Å²) in [6.45, 7) is 4.71. The Balaban J connectivity index is 2.68. The van der Waals surface area contributed by atoms with Crippen LogP contribution in [0.2, 0.25) is 0 Å². The minimum atomic E-state index is -3.38. The predicted molar refractivity (Wildman–Crippen MR) is 76.7 cm³/mol. The number of hydrogen-bond acceptors (Lipinski definition) is 5. The fourth-order valence-corrected chi connectivity index (χ4v) is 2.62. The first kappa shape index (κ1) is 16.5. The second kappa shape index (κ2) is 7.25. The van der Waals surface area contributed by atoms with Crippen molar-refractivity contribution in [3.05, 3.63) is 29.8 Å². The fraction of sp³-hybridized carbons (Fsp3) is 0.462. The minimum Gasteiger partial charge on any atom is -0.409 e. The minimum absolute atomic E-state index is 0.0609. The molecule has 0 aromatic heterocycles. The van der Waals surface area contributed by atoms with E-state index in [2.05, 4.69) is 5.16 Å². The van der Waals surface area contributed by atoms with Crippen molar-refractivity contribution in [3.63, 3.8) is 0 Å². The highest BCUT2D eigenvalue weighted by atomic mass is 32.2. The zero-order valence-electron chi connectivity index (χ0n) is 11.6. The molecule has 7 heteroatoms. The van der Waals surface area contributed by atoms with Gasteiger partial charge < -0.3 is 15.7 Å². The van der Waals surface area contributed by atoms with Crippen LogP contribution in [0.4, 0.5) is 0 Å². The van der Waals surface area contributed by atoms with E-state index in [1.54, 1.807) is 0 Å². The van der Waals surface area contributed by atoms with Crippen molar-refractivity contribution in [2.24, 2.45) is 16.8 Å². The topological polar surface area (TPSA) is 102 Å². The van der Waals surface area contributed by atoms with Crippen LogP contribution in [0.3, 0.4) is 0 Å². The molecule has 6 nitrogen and oxygen atoms in total. The Labute approximate surface area is 119 Å². The Morgan fingerprint density at radius 3 is 2.45 bits per heavy atom. The molecule has 0 unspecified atom stereocenters. The van der Waals surface area contributed by atoms with Gasteiger partial charge in [-0.05, 0) is 30.2 Å². The lowest BCUT2D eigenvalue weighted by Gasteiger charge is -2.08. The summed E-state index contributed by atoms with van der Waals surface area (Å²) in [5, 5.41) is 11.4. The lowest BCUT2D eigenvalue weighted by Crippen LogP contribution is -2.16. The molecule has 0 saturated carbocycles. The van der Waals surface area contributed by atoms with Crippen molar-refractivity contribution in [1.82, 2.24) is 0 Å². The number of nitrogens with zero attached hydrogens (tertiary/aromatic N) is 1. The highest BCUT2D eigenvalue weighted by Crippen LogP contribution is 2.12. The van der Waals surface area contributed by atoms with E-state index in [0.29, 0.717) is 18.1 Å². The number of benzene rings is 1. The van der Waals surface area contributed by atoms with Crippen LogP contribution in [-0.4, -0.2) is 38.4 Å². The molecule has 112 valence electrons. The molecule has 0 atom stereocenters. The number of oxime groups is 1. The van der Waals surface area contributed by atoms with Crippen molar-refractivity contribution in [2.45, 2.75) is 18.7 Å². The Morgan fingerprint density at radius 1 is 1.35 bits per heavy atom. The molecule has 20 heavy (non-hydrogen) atoms. The van der Waals surface area contributed by atoms with Crippen molar-refractivity contribution < 1.29 is 18.4 Å². The van der Waals surface area contributed by atoms with Crippen LogP contribution >= 0.6 is 0 Å². The number of ether oxygens (including phenoxy) is 1. The summed E-state index contributed by atoms with van der Waals surface area (Å²) in [6.07, 6.45) is 0. The molecule has 0 amide bonds. The highest BCUT2D eigenvalue weighted by Gasteiger charge is 2.14. The summed E-state index contributed by atoms with van der Waals surface area (Å²) >= 11 is 0. The quantitative estimate of drug-likeness (QED) is 0.259. The maximum absolute atomic E-state index is 12.0. The molecule has 1 aromatic carbocycles. The van der Waals surface area contributed by atoms with Crippen LogP contribution in [0.25, 0.3) is 0 Å². The van der Waals surface area contributed by atoms with E-state index in [1.165, 1.54) is 24.3 Å². The Bertz CT molecular complexity index is 550. The van der Waals surface area contributed by atoms with Crippen LogP contribution in [0.5, 0.6) is 0 Å². The average molecular weight is 300 g/mol. The summed E-state index contributed by atoms with van der Waals surface area (Å²) < 4.78 is 29.4. The molecule has 0 aliphatic rings. The molecule has 0 bridgehead atoms. The Kier molecular flexibility index (Phi) is 5.97. The summed E-state index contributed by atoms with van der Waals surface area (Å²) in [5.41, 5.74) is 5.87. The SMILES string of the molecule is CC(C)COCCS(=O)(=O)c1ccc(/C(N)=N/O)cc1. The lowest BCUT2D eigenvalue weighted by atomic mass is 10.2. The summed E-state index contributed by atoms with van der Waals surface area (Å²) in [7, 11) is -3.38. The maximum atomic E-state index is 12.0. The van der Waals surface area contributed by atoms with Gasteiger partial charge in [-0.3, -0.25) is 0 Å². The summed E-state index contributed by atoms with van der Waals surface area (Å²) in [4.78, 5) is 0.195. The van der Waals surface area contributed by atoms with Gasteiger partial charge >= 0.3 is 0 Å². The largest absolute Gasteiger partial charge is 0.409 e. The van der Waals surface area contributed by atoms with Crippen molar-refractivity contribution >= 4 is 15.7 Å². The van der Waals surface area contributed by atoms with Gasteiger partial charge in [0.2, 0.25) is 0 Å². The molecular weight excluding hydrogens is 280 g/mol. The Morgan fingerprint density at radius 2 is 1.95 bits per heavy atom. The van der Waals surface area contributed by atoms with Crippen molar-refractivity contribution in [3.8, 4) is 0 Å². The number of nitrogens with two attached hydrogens (primary N) is 1. The van der Waals surface area contributed by atoms with Gasteiger partial charge in [0, 0.05) is 12.2 Å². The summed E-state index contributed by atoms with van der Waals surface area (Å²) in [6, 6.07) is 5.87. The monoisotopic (exact) mass is 300 g/mol. The average Bonchev–Trinajstić information content (AvgIpc) is 2.43. The third-order valence-electron chi connectivity index (χ3n) is 2.56. The van der Waals surface area contributed by atoms with E-state index in [4.69, 9.17) is 15.7 Å². The predicted octanol–water partition coefficient (Wildman–Crippen LogP) is 1.23. The lowest BCUT2D eigenvalue weighted by molar-refractivity contribution is 0.123. The van der Waals surface area contributed by atoms with E-state index < -0.39 is 9.84 Å².